The van der Waals surface area contributed by atoms with Crippen LogP contribution < -0.4 is 9.80 Å². The molecule has 0 aromatic heterocycles. The summed E-state index contributed by atoms with van der Waals surface area (Å²) in [5, 5.41) is 0. The third-order valence-corrected chi connectivity index (χ3v) is 9.09. The molecule has 1 atom stereocenters. The van der Waals surface area contributed by atoms with Gasteiger partial charge in [0.25, 0.3) is 0 Å². The number of carbonyl (C=O) groups is 2. The number of nitrogens with zero attached hydrogens (tertiary/aromatic N) is 3. The molecule has 1 saturated heterocycles. The van der Waals surface area contributed by atoms with Gasteiger partial charge in [-0.3, -0.25) is 9.59 Å². The lowest BCUT2D eigenvalue weighted by Crippen LogP contribution is -2.44. The molecule has 0 spiro atoms. The maximum absolute atomic E-state index is 13.3. The Morgan fingerprint density at radius 3 is 2.39 bits per heavy atom. The Hall–Kier alpha value is -2.71. The number of amides is 2. The van der Waals surface area contributed by atoms with Gasteiger partial charge in [-0.2, -0.15) is 4.31 Å². The van der Waals surface area contributed by atoms with Crippen LogP contribution in [0, 0.1) is 5.92 Å². The molecule has 3 heterocycles. The highest BCUT2D eigenvalue weighted by Crippen LogP contribution is 2.36. The number of hydrogen-bond acceptors (Lipinski definition) is 4. The van der Waals surface area contributed by atoms with E-state index in [1.165, 1.54) is 16.8 Å². The van der Waals surface area contributed by atoms with Crippen molar-refractivity contribution in [2.45, 2.75) is 50.5 Å². The van der Waals surface area contributed by atoms with Crippen molar-refractivity contribution in [2.24, 2.45) is 5.92 Å². The molecule has 3 aliphatic rings. The van der Waals surface area contributed by atoms with E-state index >= 15 is 0 Å². The summed E-state index contributed by atoms with van der Waals surface area (Å²) in [6.07, 6.45) is 2.56. The van der Waals surface area contributed by atoms with Gasteiger partial charge in [-0.25, -0.2) is 8.42 Å². The summed E-state index contributed by atoms with van der Waals surface area (Å²) in [5.41, 5.74) is 3.87. The molecule has 0 saturated carbocycles. The molecule has 2 amide bonds. The highest BCUT2D eigenvalue weighted by Gasteiger charge is 2.37. The molecule has 0 bridgehead atoms. The van der Waals surface area contributed by atoms with Gasteiger partial charge < -0.3 is 9.80 Å². The summed E-state index contributed by atoms with van der Waals surface area (Å²) in [6.45, 7) is 4.86. The van der Waals surface area contributed by atoms with Gasteiger partial charge in [0.1, 0.15) is 0 Å². The van der Waals surface area contributed by atoms with E-state index < -0.39 is 10.0 Å². The molecule has 174 valence electrons. The fraction of sp³-hybridized carbons (Fsp3) is 0.440. The second-order valence-corrected chi connectivity index (χ2v) is 11.2. The summed E-state index contributed by atoms with van der Waals surface area (Å²) in [5.74, 6) is -0.0929. The van der Waals surface area contributed by atoms with Crippen LogP contribution in [0.1, 0.15) is 37.8 Å². The molecule has 5 rings (SSSR count). The molecule has 2 aromatic carbocycles. The number of anilines is 2. The van der Waals surface area contributed by atoms with Crippen LogP contribution in [0.3, 0.4) is 0 Å². The standard InChI is InChI=1S/C25H29N3O4S/c1-17-15-21-16-22(7-8-24(21)28(17)18(2)29)33(31,32)26-12-9-20(10-13-26)25(30)27-14-11-19-5-3-4-6-23(19)27/h3-8,16-17,20H,9-15H2,1-2H3. The summed E-state index contributed by atoms with van der Waals surface area (Å²) in [4.78, 5) is 29.0. The van der Waals surface area contributed by atoms with E-state index in [1.54, 1.807) is 23.1 Å². The highest BCUT2D eigenvalue weighted by molar-refractivity contribution is 7.89. The van der Waals surface area contributed by atoms with Gasteiger partial charge in [0.2, 0.25) is 21.8 Å². The van der Waals surface area contributed by atoms with Gasteiger partial charge in [0.15, 0.2) is 0 Å². The first-order chi connectivity index (χ1) is 15.8. The zero-order chi connectivity index (χ0) is 23.3. The third-order valence-electron chi connectivity index (χ3n) is 7.20. The lowest BCUT2D eigenvalue weighted by Gasteiger charge is -2.32. The first kappa shape index (κ1) is 22.1. The molecule has 1 unspecified atom stereocenters. The van der Waals surface area contributed by atoms with Crippen LogP contribution in [0.4, 0.5) is 11.4 Å². The quantitative estimate of drug-likeness (QED) is 0.695. The molecule has 0 radical (unpaired) electrons. The Kier molecular flexibility index (Phi) is 5.53. The average molecular weight is 468 g/mol. The lowest BCUT2D eigenvalue weighted by atomic mass is 9.96. The van der Waals surface area contributed by atoms with Gasteiger partial charge >= 0.3 is 0 Å². The van der Waals surface area contributed by atoms with Crippen LogP contribution in [-0.2, 0) is 32.5 Å². The molecule has 0 N–H and O–H groups in total. The van der Waals surface area contributed by atoms with Gasteiger partial charge in [-0.1, -0.05) is 18.2 Å². The van der Waals surface area contributed by atoms with Crippen molar-refractivity contribution >= 4 is 33.2 Å². The fourth-order valence-corrected chi connectivity index (χ4v) is 7.05. The Morgan fingerprint density at radius 1 is 0.939 bits per heavy atom. The van der Waals surface area contributed by atoms with E-state index in [2.05, 4.69) is 6.07 Å². The highest BCUT2D eigenvalue weighted by atomic mass is 32.2. The SMILES string of the molecule is CC(=O)N1c2ccc(S(=O)(=O)N3CCC(C(=O)N4CCc5ccccc54)CC3)cc2CC1C. The summed E-state index contributed by atoms with van der Waals surface area (Å²) >= 11 is 0. The predicted molar refractivity (Wildman–Crippen MR) is 127 cm³/mol. The van der Waals surface area contributed by atoms with E-state index in [-0.39, 0.29) is 28.7 Å². The Bertz CT molecular complexity index is 1220. The number of para-hydroxylation sites is 1. The average Bonchev–Trinajstić information content (AvgIpc) is 3.38. The molecule has 8 heteroatoms. The first-order valence-electron chi connectivity index (χ1n) is 11.6. The van der Waals surface area contributed by atoms with E-state index in [0.29, 0.717) is 38.9 Å². The monoisotopic (exact) mass is 467 g/mol. The van der Waals surface area contributed by atoms with Crippen molar-refractivity contribution in [3.63, 3.8) is 0 Å². The van der Waals surface area contributed by atoms with E-state index in [4.69, 9.17) is 0 Å². The Morgan fingerprint density at radius 2 is 1.67 bits per heavy atom. The molecular formula is C25H29N3O4S. The summed E-state index contributed by atoms with van der Waals surface area (Å²) in [6, 6.07) is 13.1. The van der Waals surface area contributed by atoms with Gasteiger partial charge in [-0.15, -0.1) is 0 Å². The van der Waals surface area contributed by atoms with Gasteiger partial charge in [0, 0.05) is 49.9 Å². The summed E-state index contributed by atoms with van der Waals surface area (Å²) in [7, 11) is -3.65. The Balaban J connectivity index is 1.28. The molecule has 33 heavy (non-hydrogen) atoms. The van der Waals surface area contributed by atoms with Gasteiger partial charge in [-0.05, 0) is 68.0 Å². The van der Waals surface area contributed by atoms with Crippen LogP contribution in [0.25, 0.3) is 0 Å². The fourth-order valence-electron chi connectivity index (χ4n) is 5.53. The van der Waals surface area contributed by atoms with E-state index in [1.807, 2.05) is 30.0 Å². The van der Waals surface area contributed by atoms with E-state index in [9.17, 15) is 18.0 Å². The molecule has 1 fully saturated rings. The lowest BCUT2D eigenvalue weighted by molar-refractivity contribution is -0.123. The van der Waals surface area contributed by atoms with Gasteiger partial charge in [0.05, 0.1) is 4.90 Å². The maximum Gasteiger partial charge on any atom is 0.243 e. The van der Waals surface area contributed by atoms with Crippen LogP contribution in [0.15, 0.2) is 47.4 Å². The van der Waals surface area contributed by atoms with Crippen molar-refractivity contribution in [3.05, 3.63) is 53.6 Å². The molecule has 2 aromatic rings. The zero-order valence-electron chi connectivity index (χ0n) is 19.0. The van der Waals surface area contributed by atoms with Crippen LogP contribution >= 0.6 is 0 Å². The van der Waals surface area contributed by atoms with Crippen molar-refractivity contribution in [1.82, 2.24) is 4.31 Å². The second-order valence-electron chi connectivity index (χ2n) is 9.28. The van der Waals surface area contributed by atoms with Crippen molar-refractivity contribution < 1.29 is 18.0 Å². The minimum Gasteiger partial charge on any atom is -0.312 e. The molecule has 3 aliphatic heterocycles. The zero-order valence-corrected chi connectivity index (χ0v) is 19.8. The first-order valence-corrected chi connectivity index (χ1v) is 13.0. The number of rotatable bonds is 3. The Labute approximate surface area is 195 Å². The smallest absolute Gasteiger partial charge is 0.243 e. The maximum atomic E-state index is 13.3. The topological polar surface area (TPSA) is 78.0 Å². The number of sulfonamides is 1. The van der Waals surface area contributed by atoms with Crippen LogP contribution in [0.5, 0.6) is 0 Å². The minimum atomic E-state index is -3.65. The summed E-state index contributed by atoms with van der Waals surface area (Å²) < 4.78 is 28.2. The molecular weight excluding hydrogens is 438 g/mol. The van der Waals surface area contributed by atoms with E-state index in [0.717, 1.165) is 23.4 Å². The normalized spacial score (nSPS) is 21.2. The predicted octanol–water partition coefficient (Wildman–Crippen LogP) is 2.97. The number of hydrogen-bond donors (Lipinski definition) is 0. The van der Waals surface area contributed by atoms with Crippen LogP contribution in [-0.4, -0.2) is 50.2 Å². The minimum absolute atomic E-state index is 0.0212. The number of fused-ring (bicyclic) bond motifs is 2. The van der Waals surface area contributed by atoms with Crippen molar-refractivity contribution in [1.29, 1.82) is 0 Å². The van der Waals surface area contributed by atoms with Crippen molar-refractivity contribution in [2.75, 3.05) is 29.4 Å². The van der Waals surface area contributed by atoms with Crippen LogP contribution in [0.2, 0.25) is 0 Å². The largest absolute Gasteiger partial charge is 0.312 e. The molecule has 7 nitrogen and oxygen atoms in total. The molecule has 0 aliphatic carbocycles. The van der Waals surface area contributed by atoms with Crippen molar-refractivity contribution in [3.8, 4) is 0 Å². The third kappa shape index (κ3) is 3.75. The number of carbonyl (C=O) groups excluding carboxylic acids is 2. The number of benzene rings is 2. The number of piperidine rings is 1. The second kappa shape index (κ2) is 8.25.